The van der Waals surface area contributed by atoms with Crippen molar-refractivity contribution in [3.05, 3.63) is 65.5 Å². The van der Waals surface area contributed by atoms with Gasteiger partial charge in [-0.15, -0.1) is 0 Å². The Morgan fingerprint density at radius 1 is 1.12 bits per heavy atom. The van der Waals surface area contributed by atoms with Crippen LogP contribution in [-0.4, -0.2) is 22.7 Å². The molecule has 0 fully saturated rings. The number of carbonyl (C=O) groups excluding carboxylic acids is 1. The van der Waals surface area contributed by atoms with Gasteiger partial charge in [-0.25, -0.2) is 0 Å². The standard InChI is InChI=1S/C18H16ClN3O3/c19-14-8-6-13(7-9-14)18-21-17(25-22-18)12-20-16(23)10-11-24-15-4-2-1-3-5-15/h1-9H,10-12H2,(H,20,23). The molecule has 1 amide bonds. The molecule has 0 saturated heterocycles. The van der Waals surface area contributed by atoms with E-state index in [2.05, 4.69) is 15.5 Å². The van der Waals surface area contributed by atoms with E-state index >= 15 is 0 Å². The van der Waals surface area contributed by atoms with E-state index < -0.39 is 0 Å². The second-order valence-electron chi connectivity index (χ2n) is 5.21. The topological polar surface area (TPSA) is 77.2 Å². The highest BCUT2D eigenvalue weighted by atomic mass is 35.5. The summed E-state index contributed by atoms with van der Waals surface area (Å²) < 4.78 is 10.6. The summed E-state index contributed by atoms with van der Waals surface area (Å²) in [6.45, 7) is 0.473. The molecule has 7 heteroatoms. The third kappa shape index (κ3) is 5.06. The summed E-state index contributed by atoms with van der Waals surface area (Å²) in [4.78, 5) is 16.1. The lowest BCUT2D eigenvalue weighted by Gasteiger charge is -2.05. The van der Waals surface area contributed by atoms with Gasteiger partial charge < -0.3 is 14.6 Å². The first-order chi connectivity index (χ1) is 12.2. The lowest BCUT2D eigenvalue weighted by molar-refractivity contribution is -0.121. The van der Waals surface area contributed by atoms with E-state index in [0.717, 1.165) is 11.3 Å². The number of hydrogen-bond acceptors (Lipinski definition) is 5. The number of carbonyl (C=O) groups is 1. The van der Waals surface area contributed by atoms with Gasteiger partial charge in [-0.3, -0.25) is 4.79 Å². The minimum Gasteiger partial charge on any atom is -0.493 e. The first-order valence-electron chi connectivity index (χ1n) is 7.74. The Kier molecular flexibility index (Phi) is 5.64. The average Bonchev–Trinajstić information content (AvgIpc) is 3.10. The van der Waals surface area contributed by atoms with Crippen LogP contribution in [0.15, 0.2) is 59.1 Å². The van der Waals surface area contributed by atoms with Crippen molar-refractivity contribution in [3.8, 4) is 17.1 Å². The van der Waals surface area contributed by atoms with Crippen LogP contribution in [0.5, 0.6) is 5.75 Å². The van der Waals surface area contributed by atoms with E-state index in [-0.39, 0.29) is 18.9 Å². The summed E-state index contributed by atoms with van der Waals surface area (Å²) in [6.07, 6.45) is 0.243. The summed E-state index contributed by atoms with van der Waals surface area (Å²) in [5.41, 5.74) is 0.794. The number of hydrogen-bond donors (Lipinski definition) is 1. The molecule has 1 heterocycles. The molecule has 0 radical (unpaired) electrons. The molecule has 0 aliphatic heterocycles. The second kappa shape index (κ2) is 8.30. The van der Waals surface area contributed by atoms with Crippen molar-refractivity contribution in [3.63, 3.8) is 0 Å². The first kappa shape index (κ1) is 17.0. The Morgan fingerprint density at radius 3 is 2.64 bits per heavy atom. The number of aromatic nitrogens is 2. The summed E-state index contributed by atoms with van der Waals surface area (Å²) in [7, 11) is 0. The van der Waals surface area contributed by atoms with Crippen LogP contribution in [0.25, 0.3) is 11.4 Å². The maximum absolute atomic E-state index is 11.8. The molecule has 25 heavy (non-hydrogen) atoms. The molecule has 2 aromatic carbocycles. The quantitative estimate of drug-likeness (QED) is 0.700. The molecular formula is C18H16ClN3O3. The Bertz CT molecular complexity index is 819. The number of amides is 1. The monoisotopic (exact) mass is 357 g/mol. The van der Waals surface area contributed by atoms with E-state index in [1.54, 1.807) is 24.3 Å². The van der Waals surface area contributed by atoms with Crippen LogP contribution in [0.4, 0.5) is 0 Å². The van der Waals surface area contributed by atoms with Gasteiger partial charge in [0.05, 0.1) is 19.6 Å². The number of nitrogens with one attached hydrogen (secondary N) is 1. The molecule has 3 aromatic rings. The van der Waals surface area contributed by atoms with Gasteiger partial charge in [0.1, 0.15) is 5.75 Å². The lowest BCUT2D eigenvalue weighted by atomic mass is 10.2. The van der Waals surface area contributed by atoms with Gasteiger partial charge in [-0.1, -0.05) is 35.0 Å². The number of nitrogens with zero attached hydrogens (tertiary/aromatic N) is 2. The van der Waals surface area contributed by atoms with Crippen LogP contribution >= 0.6 is 11.6 Å². The van der Waals surface area contributed by atoms with Crippen LogP contribution in [0.2, 0.25) is 5.02 Å². The van der Waals surface area contributed by atoms with Crippen molar-refractivity contribution >= 4 is 17.5 Å². The van der Waals surface area contributed by atoms with Crippen molar-refractivity contribution in [2.75, 3.05) is 6.61 Å². The molecule has 0 spiro atoms. The van der Waals surface area contributed by atoms with Gasteiger partial charge >= 0.3 is 0 Å². The summed E-state index contributed by atoms with van der Waals surface area (Å²) in [5.74, 6) is 1.37. The number of para-hydroxylation sites is 1. The fourth-order valence-electron chi connectivity index (χ4n) is 2.08. The Hall–Kier alpha value is -2.86. The molecule has 0 atom stereocenters. The fraction of sp³-hybridized carbons (Fsp3) is 0.167. The maximum Gasteiger partial charge on any atom is 0.246 e. The Balaban J connectivity index is 1.44. The summed E-state index contributed by atoms with van der Waals surface area (Å²) in [5, 5.41) is 7.25. The van der Waals surface area contributed by atoms with Gasteiger partial charge in [0, 0.05) is 10.6 Å². The number of halogens is 1. The average molecular weight is 358 g/mol. The highest BCUT2D eigenvalue weighted by Crippen LogP contribution is 2.18. The van der Waals surface area contributed by atoms with E-state index in [4.69, 9.17) is 20.9 Å². The highest BCUT2D eigenvalue weighted by molar-refractivity contribution is 6.30. The van der Waals surface area contributed by atoms with E-state index in [1.165, 1.54) is 0 Å². The van der Waals surface area contributed by atoms with Gasteiger partial charge in [-0.05, 0) is 36.4 Å². The van der Waals surface area contributed by atoms with Crippen molar-refractivity contribution < 1.29 is 14.1 Å². The predicted octanol–water partition coefficient (Wildman–Crippen LogP) is 3.48. The minimum atomic E-state index is -0.151. The summed E-state index contributed by atoms with van der Waals surface area (Å²) in [6, 6.07) is 16.5. The van der Waals surface area contributed by atoms with Crippen molar-refractivity contribution in [2.45, 2.75) is 13.0 Å². The normalized spacial score (nSPS) is 10.4. The van der Waals surface area contributed by atoms with Crippen LogP contribution in [0.3, 0.4) is 0 Å². The molecule has 1 aromatic heterocycles. The Morgan fingerprint density at radius 2 is 1.88 bits per heavy atom. The predicted molar refractivity (Wildman–Crippen MR) is 93.1 cm³/mol. The van der Waals surface area contributed by atoms with Gasteiger partial charge in [0.2, 0.25) is 17.6 Å². The van der Waals surface area contributed by atoms with E-state index in [1.807, 2.05) is 30.3 Å². The third-order valence-electron chi connectivity index (χ3n) is 3.35. The SMILES string of the molecule is O=C(CCOc1ccccc1)NCc1nc(-c2ccc(Cl)cc2)no1. The third-order valence-corrected chi connectivity index (χ3v) is 3.60. The fourth-order valence-corrected chi connectivity index (χ4v) is 2.21. The Labute approximate surface area is 149 Å². The number of benzene rings is 2. The zero-order chi connectivity index (χ0) is 17.5. The largest absolute Gasteiger partial charge is 0.493 e. The van der Waals surface area contributed by atoms with Crippen molar-refractivity contribution in [2.24, 2.45) is 0 Å². The minimum absolute atomic E-state index is 0.151. The molecule has 1 N–H and O–H groups in total. The molecule has 0 aliphatic rings. The number of rotatable bonds is 7. The lowest BCUT2D eigenvalue weighted by Crippen LogP contribution is -2.24. The maximum atomic E-state index is 11.8. The highest BCUT2D eigenvalue weighted by Gasteiger charge is 2.10. The van der Waals surface area contributed by atoms with Crippen LogP contribution in [-0.2, 0) is 11.3 Å². The first-order valence-corrected chi connectivity index (χ1v) is 8.11. The van der Waals surface area contributed by atoms with E-state index in [0.29, 0.717) is 23.3 Å². The van der Waals surface area contributed by atoms with Crippen molar-refractivity contribution in [1.82, 2.24) is 15.5 Å². The zero-order valence-electron chi connectivity index (χ0n) is 13.3. The second-order valence-corrected chi connectivity index (χ2v) is 5.64. The molecular weight excluding hydrogens is 342 g/mol. The zero-order valence-corrected chi connectivity index (χ0v) is 14.1. The molecule has 0 saturated carbocycles. The molecule has 0 bridgehead atoms. The molecule has 0 aliphatic carbocycles. The van der Waals surface area contributed by atoms with Gasteiger partial charge in [0.15, 0.2) is 0 Å². The van der Waals surface area contributed by atoms with Gasteiger partial charge in [0.25, 0.3) is 0 Å². The molecule has 6 nitrogen and oxygen atoms in total. The molecule has 128 valence electrons. The van der Waals surface area contributed by atoms with Crippen LogP contribution in [0.1, 0.15) is 12.3 Å². The smallest absolute Gasteiger partial charge is 0.246 e. The van der Waals surface area contributed by atoms with Crippen LogP contribution in [0, 0.1) is 0 Å². The molecule has 0 unspecified atom stereocenters. The van der Waals surface area contributed by atoms with Crippen molar-refractivity contribution in [1.29, 1.82) is 0 Å². The summed E-state index contributed by atoms with van der Waals surface area (Å²) >= 11 is 5.85. The van der Waals surface area contributed by atoms with Crippen LogP contribution < -0.4 is 10.1 Å². The number of ether oxygens (including phenoxy) is 1. The van der Waals surface area contributed by atoms with Gasteiger partial charge in [-0.2, -0.15) is 4.98 Å². The van der Waals surface area contributed by atoms with E-state index in [9.17, 15) is 4.79 Å². The molecule has 3 rings (SSSR count).